The van der Waals surface area contributed by atoms with E-state index in [-0.39, 0.29) is 0 Å². The number of aliphatic hydroxyl groups excluding tert-OH is 1. The second kappa shape index (κ2) is 12.9. The highest BCUT2D eigenvalue weighted by molar-refractivity contribution is 8.00. The van der Waals surface area contributed by atoms with E-state index in [9.17, 15) is 5.11 Å². The maximum absolute atomic E-state index is 9.50. The van der Waals surface area contributed by atoms with Crippen LogP contribution in [0.15, 0.2) is 0 Å². The molecule has 1 unspecified atom stereocenters. The third kappa shape index (κ3) is 13.9. The summed E-state index contributed by atoms with van der Waals surface area (Å²) in [4.78, 5) is 0. The van der Waals surface area contributed by atoms with Crippen molar-refractivity contribution < 1.29 is 5.11 Å². The van der Waals surface area contributed by atoms with Crippen LogP contribution >= 0.6 is 46.6 Å². The standard InChI is InChI=1S/C14H27Cl3OS/c1-2-3-4-5-6-7-8-9-10-11-12-19-13(18)14(15,16)17/h13,18H,2-12H2,1H3. The van der Waals surface area contributed by atoms with Gasteiger partial charge < -0.3 is 5.11 Å². The van der Waals surface area contributed by atoms with E-state index in [2.05, 4.69) is 6.92 Å². The topological polar surface area (TPSA) is 20.2 Å². The van der Waals surface area contributed by atoms with Gasteiger partial charge in [-0.05, 0) is 12.2 Å². The zero-order chi connectivity index (χ0) is 14.6. The minimum absolute atomic E-state index is 0.853. The van der Waals surface area contributed by atoms with Crippen LogP contribution in [0.1, 0.15) is 71.1 Å². The number of alkyl halides is 3. The van der Waals surface area contributed by atoms with E-state index in [1.54, 1.807) is 0 Å². The van der Waals surface area contributed by atoms with Gasteiger partial charge in [0.2, 0.25) is 3.79 Å². The first kappa shape index (κ1) is 20.2. The molecule has 0 aliphatic rings. The molecule has 5 heteroatoms. The number of aliphatic hydroxyl groups is 1. The van der Waals surface area contributed by atoms with Crippen molar-refractivity contribution in [1.82, 2.24) is 0 Å². The molecule has 0 saturated heterocycles. The Bertz CT molecular complexity index is 198. The average molecular weight is 350 g/mol. The predicted molar refractivity (Wildman–Crippen MR) is 90.6 cm³/mol. The lowest BCUT2D eigenvalue weighted by molar-refractivity contribution is 0.268. The highest BCUT2D eigenvalue weighted by Crippen LogP contribution is 2.36. The Morgan fingerprint density at radius 2 is 1.26 bits per heavy atom. The van der Waals surface area contributed by atoms with E-state index < -0.39 is 9.23 Å². The summed E-state index contributed by atoms with van der Waals surface area (Å²) in [5, 5.41) is 9.50. The third-order valence-corrected chi connectivity index (χ3v) is 5.26. The van der Waals surface area contributed by atoms with Gasteiger partial charge in [-0.25, -0.2) is 0 Å². The molecule has 116 valence electrons. The molecule has 0 spiro atoms. The lowest BCUT2D eigenvalue weighted by Crippen LogP contribution is -2.21. The molecule has 1 N–H and O–H groups in total. The molecule has 0 radical (unpaired) electrons. The second-order valence-electron chi connectivity index (χ2n) is 4.95. The molecule has 0 aromatic heterocycles. The summed E-state index contributed by atoms with van der Waals surface area (Å²) in [6.07, 6.45) is 13.1. The number of thioether (sulfide) groups is 1. The van der Waals surface area contributed by atoms with Gasteiger partial charge in [-0.2, -0.15) is 0 Å². The molecule has 0 fully saturated rings. The molecule has 19 heavy (non-hydrogen) atoms. The summed E-state index contributed by atoms with van der Waals surface area (Å²) in [5.74, 6) is 0.853. The average Bonchev–Trinajstić information content (AvgIpc) is 2.34. The summed E-state index contributed by atoms with van der Waals surface area (Å²) < 4.78 is -1.57. The quantitative estimate of drug-likeness (QED) is 0.252. The summed E-state index contributed by atoms with van der Waals surface area (Å²) >= 11 is 18.1. The fourth-order valence-corrected chi connectivity index (χ4v) is 3.23. The molecule has 0 bridgehead atoms. The van der Waals surface area contributed by atoms with Crippen molar-refractivity contribution >= 4 is 46.6 Å². The SMILES string of the molecule is CCCCCCCCCCCCSC(O)C(Cl)(Cl)Cl. The smallest absolute Gasteiger partial charge is 0.225 e. The van der Waals surface area contributed by atoms with E-state index in [1.807, 2.05) is 0 Å². The van der Waals surface area contributed by atoms with Crippen LogP contribution in [0, 0.1) is 0 Å². The Labute approximate surface area is 137 Å². The van der Waals surface area contributed by atoms with Gasteiger partial charge in [0.15, 0.2) is 0 Å². The monoisotopic (exact) mass is 348 g/mol. The van der Waals surface area contributed by atoms with Crippen molar-refractivity contribution in [3.8, 4) is 0 Å². The maximum Gasteiger partial charge on any atom is 0.225 e. The van der Waals surface area contributed by atoms with Crippen LogP contribution in [0.5, 0.6) is 0 Å². The van der Waals surface area contributed by atoms with Gasteiger partial charge in [-0.15, -0.1) is 11.8 Å². The first-order valence-electron chi connectivity index (χ1n) is 7.35. The van der Waals surface area contributed by atoms with Crippen LogP contribution < -0.4 is 0 Å². The number of rotatable bonds is 12. The van der Waals surface area contributed by atoms with Crippen LogP contribution in [0.4, 0.5) is 0 Å². The highest BCUT2D eigenvalue weighted by atomic mass is 35.6. The number of halogens is 3. The van der Waals surface area contributed by atoms with Gasteiger partial charge >= 0.3 is 0 Å². The van der Waals surface area contributed by atoms with Gasteiger partial charge in [-0.1, -0.05) is 99.5 Å². The van der Waals surface area contributed by atoms with Crippen LogP contribution in [-0.4, -0.2) is 20.1 Å². The van der Waals surface area contributed by atoms with Gasteiger partial charge in [0, 0.05) is 0 Å². The van der Waals surface area contributed by atoms with Crippen LogP contribution in [0.3, 0.4) is 0 Å². The van der Waals surface area contributed by atoms with Crippen molar-refractivity contribution in [2.45, 2.75) is 80.4 Å². The molecule has 1 atom stereocenters. The van der Waals surface area contributed by atoms with Crippen molar-refractivity contribution in [3.05, 3.63) is 0 Å². The summed E-state index contributed by atoms with van der Waals surface area (Å²) in [6, 6.07) is 0. The number of unbranched alkanes of at least 4 members (excludes halogenated alkanes) is 9. The first-order valence-corrected chi connectivity index (χ1v) is 9.53. The molecule has 1 nitrogen and oxygen atoms in total. The molecular formula is C14H27Cl3OS. The molecule has 0 aromatic rings. The molecule has 0 heterocycles. The van der Waals surface area contributed by atoms with Gasteiger partial charge in [0.05, 0.1) is 0 Å². The Morgan fingerprint density at radius 3 is 1.68 bits per heavy atom. The van der Waals surface area contributed by atoms with Crippen molar-refractivity contribution in [2.24, 2.45) is 0 Å². The predicted octanol–water partition coefficient (Wildman–Crippen LogP) is 6.33. The summed E-state index contributed by atoms with van der Waals surface area (Å²) in [5.41, 5.74) is -0.920. The zero-order valence-corrected chi connectivity index (χ0v) is 14.9. The second-order valence-corrected chi connectivity index (χ2v) is 8.50. The van der Waals surface area contributed by atoms with Crippen LogP contribution in [-0.2, 0) is 0 Å². The summed E-state index contributed by atoms with van der Waals surface area (Å²) in [6.45, 7) is 2.25. The molecule has 0 saturated carbocycles. The molecule has 0 aromatic carbocycles. The fraction of sp³-hybridized carbons (Fsp3) is 1.00. The van der Waals surface area contributed by atoms with Crippen LogP contribution in [0.2, 0.25) is 0 Å². The van der Waals surface area contributed by atoms with Gasteiger partial charge in [-0.3, -0.25) is 0 Å². The number of hydrogen-bond donors (Lipinski definition) is 1. The Morgan fingerprint density at radius 1 is 0.842 bits per heavy atom. The minimum Gasteiger partial charge on any atom is -0.378 e. The zero-order valence-electron chi connectivity index (χ0n) is 11.8. The first-order chi connectivity index (χ1) is 8.98. The third-order valence-electron chi connectivity index (χ3n) is 3.05. The van der Waals surface area contributed by atoms with Gasteiger partial charge in [0.25, 0.3) is 0 Å². The molecule has 0 aliphatic heterocycles. The number of hydrogen-bond acceptors (Lipinski definition) is 2. The summed E-state index contributed by atoms with van der Waals surface area (Å²) in [7, 11) is 0. The lowest BCUT2D eigenvalue weighted by Gasteiger charge is -2.17. The Balaban J connectivity index is 3.15. The Kier molecular flexibility index (Phi) is 13.7. The lowest BCUT2D eigenvalue weighted by atomic mass is 10.1. The molecule has 0 rings (SSSR count). The maximum atomic E-state index is 9.50. The van der Waals surface area contributed by atoms with E-state index >= 15 is 0 Å². The van der Waals surface area contributed by atoms with Crippen LogP contribution in [0.25, 0.3) is 0 Å². The van der Waals surface area contributed by atoms with Gasteiger partial charge in [0.1, 0.15) is 5.44 Å². The van der Waals surface area contributed by atoms with Crippen molar-refractivity contribution in [1.29, 1.82) is 0 Å². The highest BCUT2D eigenvalue weighted by Gasteiger charge is 2.30. The van der Waals surface area contributed by atoms with E-state index in [4.69, 9.17) is 34.8 Å². The van der Waals surface area contributed by atoms with E-state index in [0.29, 0.717) is 0 Å². The minimum atomic E-state index is -1.57. The van der Waals surface area contributed by atoms with E-state index in [1.165, 1.54) is 69.5 Å². The largest absolute Gasteiger partial charge is 0.378 e. The normalized spacial score (nSPS) is 13.7. The molecule has 0 amide bonds. The van der Waals surface area contributed by atoms with Crippen molar-refractivity contribution in [2.75, 3.05) is 5.75 Å². The molecule has 0 aliphatic carbocycles. The Hall–Kier alpha value is 1.18. The molecular weight excluding hydrogens is 323 g/mol. The van der Waals surface area contributed by atoms with Crippen molar-refractivity contribution in [3.63, 3.8) is 0 Å². The van der Waals surface area contributed by atoms with E-state index in [0.717, 1.165) is 12.2 Å². The fourth-order valence-electron chi connectivity index (χ4n) is 1.88.